The zero-order valence-corrected chi connectivity index (χ0v) is 10.1. The second-order valence-corrected chi connectivity index (χ2v) is 3.75. The van der Waals surface area contributed by atoms with E-state index < -0.39 is 0 Å². The largest absolute Gasteiger partial charge is 0.454 e. The van der Waals surface area contributed by atoms with Crippen LogP contribution in [0.4, 0.5) is 0 Å². The van der Waals surface area contributed by atoms with Crippen molar-refractivity contribution < 1.29 is 14.6 Å². The van der Waals surface area contributed by atoms with Gasteiger partial charge in [0, 0.05) is 23.7 Å². The average molecular weight is 266 g/mol. The summed E-state index contributed by atoms with van der Waals surface area (Å²) in [6.07, 6.45) is 0.472. The zero-order chi connectivity index (χ0) is 10.8. The molecule has 0 bridgehead atoms. The van der Waals surface area contributed by atoms with E-state index in [0.29, 0.717) is 22.9 Å². The van der Waals surface area contributed by atoms with Gasteiger partial charge in [0.1, 0.15) is 0 Å². The number of hydrogen-bond acceptors (Lipinski definition) is 4. The molecule has 2 rings (SSSR count). The predicted molar refractivity (Wildman–Crippen MR) is 63.5 cm³/mol. The molecule has 16 heavy (non-hydrogen) atoms. The average Bonchev–Trinajstić information content (AvgIpc) is 2.63. The molecule has 1 aromatic rings. The number of ether oxygens (including phenoxy) is 2. The Bertz CT molecular complexity index is 373. The van der Waals surface area contributed by atoms with Crippen molar-refractivity contribution in [2.75, 3.05) is 13.4 Å². The Morgan fingerprint density at radius 3 is 2.62 bits per heavy atom. The van der Waals surface area contributed by atoms with Crippen molar-refractivity contribution in [1.29, 1.82) is 0 Å². The standard InChI is InChI=1S/C10H12ClNO3.ClH/c11-7-4-10-9(14-5-15-10)3-6(7)8(12)1-2-13;/h3-4,8,13H,1-2,5,12H2;1H/t8-;/m1./s1. The normalized spacial score (nSPS) is 14.4. The Morgan fingerprint density at radius 1 is 1.38 bits per heavy atom. The van der Waals surface area contributed by atoms with Crippen LogP contribution >= 0.6 is 24.0 Å². The lowest BCUT2D eigenvalue weighted by Gasteiger charge is -2.12. The number of aliphatic hydroxyl groups is 1. The molecule has 1 aliphatic rings. The van der Waals surface area contributed by atoms with Crippen molar-refractivity contribution in [2.24, 2.45) is 5.73 Å². The summed E-state index contributed by atoms with van der Waals surface area (Å²) in [7, 11) is 0. The fourth-order valence-corrected chi connectivity index (χ4v) is 1.81. The first kappa shape index (κ1) is 13.4. The molecule has 0 fully saturated rings. The summed E-state index contributed by atoms with van der Waals surface area (Å²) in [6.45, 7) is 0.246. The number of nitrogens with two attached hydrogens (primary N) is 1. The topological polar surface area (TPSA) is 64.7 Å². The van der Waals surface area contributed by atoms with Gasteiger partial charge in [0.25, 0.3) is 0 Å². The van der Waals surface area contributed by atoms with Crippen LogP contribution in [-0.2, 0) is 0 Å². The lowest BCUT2D eigenvalue weighted by atomic mass is 10.0. The molecule has 0 spiro atoms. The summed E-state index contributed by atoms with van der Waals surface area (Å²) < 4.78 is 10.4. The number of rotatable bonds is 3. The summed E-state index contributed by atoms with van der Waals surface area (Å²) in [4.78, 5) is 0. The van der Waals surface area contributed by atoms with Crippen LogP contribution in [0.5, 0.6) is 11.5 Å². The van der Waals surface area contributed by atoms with Crippen molar-refractivity contribution in [3.05, 3.63) is 22.7 Å². The van der Waals surface area contributed by atoms with E-state index in [4.69, 9.17) is 31.9 Å². The SMILES string of the molecule is Cl.N[C@H](CCO)c1cc2c(cc1Cl)OCO2. The van der Waals surface area contributed by atoms with Crippen molar-refractivity contribution in [2.45, 2.75) is 12.5 Å². The fourth-order valence-electron chi connectivity index (χ4n) is 1.51. The minimum atomic E-state index is -0.281. The van der Waals surface area contributed by atoms with Gasteiger partial charge in [-0.15, -0.1) is 12.4 Å². The number of fused-ring (bicyclic) bond motifs is 1. The van der Waals surface area contributed by atoms with Gasteiger partial charge in [-0.1, -0.05) is 11.6 Å². The molecule has 0 amide bonds. The molecule has 0 aliphatic carbocycles. The van der Waals surface area contributed by atoms with E-state index in [9.17, 15) is 0 Å². The van der Waals surface area contributed by atoms with Crippen LogP contribution in [0.25, 0.3) is 0 Å². The molecule has 1 atom stereocenters. The lowest BCUT2D eigenvalue weighted by molar-refractivity contribution is 0.174. The molecule has 90 valence electrons. The summed E-state index contributed by atoms with van der Waals surface area (Å²) >= 11 is 6.04. The Morgan fingerprint density at radius 2 is 2.00 bits per heavy atom. The number of benzene rings is 1. The van der Waals surface area contributed by atoms with Crippen molar-refractivity contribution in [1.82, 2.24) is 0 Å². The summed E-state index contributed by atoms with van der Waals surface area (Å²) in [5.41, 5.74) is 6.63. The van der Waals surface area contributed by atoms with Gasteiger partial charge in [-0.05, 0) is 18.1 Å². The quantitative estimate of drug-likeness (QED) is 0.876. The van der Waals surface area contributed by atoms with Crippen LogP contribution in [0.1, 0.15) is 18.0 Å². The van der Waals surface area contributed by atoms with Crippen molar-refractivity contribution in [3.63, 3.8) is 0 Å². The van der Waals surface area contributed by atoms with E-state index in [1.807, 2.05) is 0 Å². The van der Waals surface area contributed by atoms with E-state index in [1.165, 1.54) is 0 Å². The highest BCUT2D eigenvalue weighted by molar-refractivity contribution is 6.31. The van der Waals surface area contributed by atoms with Crippen LogP contribution in [0.3, 0.4) is 0 Å². The fraction of sp³-hybridized carbons (Fsp3) is 0.400. The van der Waals surface area contributed by atoms with Gasteiger partial charge < -0.3 is 20.3 Å². The van der Waals surface area contributed by atoms with Gasteiger partial charge in [-0.2, -0.15) is 0 Å². The van der Waals surface area contributed by atoms with E-state index in [1.54, 1.807) is 12.1 Å². The molecule has 0 aromatic heterocycles. The number of halogens is 2. The van der Waals surface area contributed by atoms with Crippen LogP contribution in [0.15, 0.2) is 12.1 Å². The van der Waals surface area contributed by atoms with Crippen LogP contribution in [-0.4, -0.2) is 18.5 Å². The van der Waals surface area contributed by atoms with E-state index in [0.717, 1.165) is 5.56 Å². The second-order valence-electron chi connectivity index (χ2n) is 3.35. The van der Waals surface area contributed by atoms with Crippen LogP contribution in [0, 0.1) is 0 Å². The molecule has 0 unspecified atom stereocenters. The molecule has 3 N–H and O–H groups in total. The molecular weight excluding hydrogens is 253 g/mol. The van der Waals surface area contributed by atoms with Gasteiger partial charge >= 0.3 is 0 Å². The molecule has 1 aromatic carbocycles. The van der Waals surface area contributed by atoms with E-state index in [-0.39, 0.29) is 31.8 Å². The third kappa shape index (κ3) is 2.52. The molecule has 6 heteroatoms. The van der Waals surface area contributed by atoms with E-state index >= 15 is 0 Å². The maximum Gasteiger partial charge on any atom is 0.231 e. The number of hydrogen-bond donors (Lipinski definition) is 2. The van der Waals surface area contributed by atoms with E-state index in [2.05, 4.69) is 0 Å². The van der Waals surface area contributed by atoms with Gasteiger partial charge in [-0.25, -0.2) is 0 Å². The molecule has 4 nitrogen and oxygen atoms in total. The van der Waals surface area contributed by atoms with Crippen LogP contribution in [0.2, 0.25) is 5.02 Å². The molecule has 0 radical (unpaired) electrons. The maximum atomic E-state index is 8.80. The Balaban J connectivity index is 0.00000128. The molecular formula is C10H13Cl2NO3. The molecule has 1 heterocycles. The minimum absolute atomic E-state index is 0. The monoisotopic (exact) mass is 265 g/mol. The van der Waals surface area contributed by atoms with Crippen molar-refractivity contribution >= 4 is 24.0 Å². The zero-order valence-electron chi connectivity index (χ0n) is 8.48. The highest BCUT2D eigenvalue weighted by Crippen LogP contribution is 2.38. The van der Waals surface area contributed by atoms with Gasteiger partial charge in [0.2, 0.25) is 6.79 Å². The first-order valence-electron chi connectivity index (χ1n) is 4.68. The highest BCUT2D eigenvalue weighted by Gasteiger charge is 2.19. The first-order chi connectivity index (χ1) is 7.22. The maximum absolute atomic E-state index is 8.80. The smallest absolute Gasteiger partial charge is 0.231 e. The molecule has 0 saturated carbocycles. The minimum Gasteiger partial charge on any atom is -0.454 e. The molecule has 1 aliphatic heterocycles. The Labute approximate surface area is 105 Å². The van der Waals surface area contributed by atoms with Crippen molar-refractivity contribution in [3.8, 4) is 11.5 Å². The van der Waals surface area contributed by atoms with Crippen LogP contribution < -0.4 is 15.2 Å². The summed E-state index contributed by atoms with van der Waals surface area (Å²) in [5, 5.41) is 9.35. The highest BCUT2D eigenvalue weighted by atomic mass is 35.5. The van der Waals surface area contributed by atoms with Gasteiger partial charge in [0.15, 0.2) is 11.5 Å². The summed E-state index contributed by atoms with van der Waals surface area (Å²) in [6, 6.07) is 3.18. The first-order valence-corrected chi connectivity index (χ1v) is 5.05. The lowest BCUT2D eigenvalue weighted by Crippen LogP contribution is -2.12. The Hall–Kier alpha value is -0.680. The number of aliphatic hydroxyl groups excluding tert-OH is 1. The molecule has 0 saturated heterocycles. The third-order valence-corrected chi connectivity index (χ3v) is 2.66. The summed E-state index contributed by atoms with van der Waals surface area (Å²) in [5.74, 6) is 1.29. The Kier molecular flexibility index (Phi) is 4.68. The third-order valence-electron chi connectivity index (χ3n) is 2.33. The predicted octanol–water partition coefficient (Wildman–Crippen LogP) is 1.87. The van der Waals surface area contributed by atoms with Gasteiger partial charge in [-0.3, -0.25) is 0 Å². The second kappa shape index (κ2) is 5.59. The van der Waals surface area contributed by atoms with Gasteiger partial charge in [0.05, 0.1) is 0 Å².